The van der Waals surface area contributed by atoms with E-state index in [-0.39, 0.29) is 5.91 Å². The average molecular weight is 400 g/mol. The van der Waals surface area contributed by atoms with E-state index in [0.29, 0.717) is 28.1 Å². The van der Waals surface area contributed by atoms with Crippen molar-refractivity contribution in [1.29, 1.82) is 0 Å². The molecule has 0 fully saturated rings. The SMILES string of the molecule is Cc1cc(-c2cc(C(=O)Nc3cccc4c3ccn4C)c3c(C)noc3n2)c(C)o1. The van der Waals surface area contributed by atoms with Gasteiger partial charge in [0.15, 0.2) is 0 Å². The van der Waals surface area contributed by atoms with Crippen molar-refractivity contribution in [3.63, 3.8) is 0 Å². The van der Waals surface area contributed by atoms with Gasteiger partial charge in [0.05, 0.1) is 28.0 Å². The highest BCUT2D eigenvalue weighted by atomic mass is 16.5. The number of carbonyl (C=O) groups is 1. The van der Waals surface area contributed by atoms with Crippen LogP contribution in [0.5, 0.6) is 0 Å². The monoisotopic (exact) mass is 400 g/mol. The number of rotatable bonds is 3. The molecule has 0 aliphatic heterocycles. The highest BCUT2D eigenvalue weighted by Crippen LogP contribution is 2.31. The molecule has 0 saturated heterocycles. The number of amides is 1. The van der Waals surface area contributed by atoms with Gasteiger partial charge < -0.3 is 18.8 Å². The molecule has 0 saturated carbocycles. The zero-order chi connectivity index (χ0) is 21.0. The number of hydrogen-bond donors (Lipinski definition) is 1. The molecule has 150 valence electrons. The highest BCUT2D eigenvalue weighted by Gasteiger charge is 2.21. The second kappa shape index (κ2) is 6.59. The zero-order valence-corrected chi connectivity index (χ0v) is 17.1. The van der Waals surface area contributed by atoms with Gasteiger partial charge >= 0.3 is 0 Å². The first kappa shape index (κ1) is 18.2. The van der Waals surface area contributed by atoms with Crippen molar-refractivity contribution in [1.82, 2.24) is 14.7 Å². The van der Waals surface area contributed by atoms with Crippen molar-refractivity contribution >= 4 is 33.6 Å². The average Bonchev–Trinajstić information content (AvgIpc) is 3.39. The Morgan fingerprint density at radius 3 is 2.73 bits per heavy atom. The van der Waals surface area contributed by atoms with E-state index in [1.807, 2.05) is 62.0 Å². The predicted octanol–water partition coefficient (Wildman–Crippen LogP) is 5.15. The lowest BCUT2D eigenvalue weighted by Crippen LogP contribution is -2.13. The number of carbonyl (C=O) groups excluding carboxylic acids is 1. The maximum Gasteiger partial charge on any atom is 0.259 e. The Hall–Kier alpha value is -3.87. The fourth-order valence-corrected chi connectivity index (χ4v) is 3.90. The lowest BCUT2D eigenvalue weighted by atomic mass is 10.0. The molecule has 0 spiro atoms. The summed E-state index contributed by atoms with van der Waals surface area (Å²) < 4.78 is 13.1. The quantitative estimate of drug-likeness (QED) is 0.452. The molecule has 1 aromatic carbocycles. The van der Waals surface area contributed by atoms with E-state index in [2.05, 4.69) is 15.5 Å². The first-order chi connectivity index (χ1) is 14.4. The Balaban J connectivity index is 1.64. The minimum absolute atomic E-state index is 0.246. The molecule has 7 heteroatoms. The Morgan fingerprint density at radius 2 is 1.97 bits per heavy atom. The van der Waals surface area contributed by atoms with E-state index in [4.69, 9.17) is 8.94 Å². The molecule has 0 aliphatic carbocycles. The van der Waals surface area contributed by atoms with Crippen LogP contribution in [-0.2, 0) is 7.05 Å². The van der Waals surface area contributed by atoms with E-state index < -0.39 is 0 Å². The van der Waals surface area contributed by atoms with Crippen LogP contribution >= 0.6 is 0 Å². The van der Waals surface area contributed by atoms with Crippen LogP contribution < -0.4 is 5.32 Å². The van der Waals surface area contributed by atoms with Crippen LogP contribution in [0.15, 0.2) is 51.5 Å². The van der Waals surface area contributed by atoms with Crippen molar-refractivity contribution < 1.29 is 13.7 Å². The largest absolute Gasteiger partial charge is 0.466 e. The minimum atomic E-state index is -0.246. The Morgan fingerprint density at radius 1 is 1.13 bits per heavy atom. The highest BCUT2D eigenvalue weighted by molar-refractivity contribution is 6.15. The molecule has 0 bridgehead atoms. The topological polar surface area (TPSA) is 86.1 Å². The van der Waals surface area contributed by atoms with Gasteiger partial charge in [-0.05, 0) is 51.1 Å². The van der Waals surface area contributed by atoms with E-state index >= 15 is 0 Å². The van der Waals surface area contributed by atoms with E-state index in [0.717, 1.165) is 33.7 Å². The maximum atomic E-state index is 13.4. The molecule has 1 amide bonds. The van der Waals surface area contributed by atoms with Crippen molar-refractivity contribution in [2.24, 2.45) is 7.05 Å². The number of benzene rings is 1. The number of nitrogens with one attached hydrogen (secondary N) is 1. The molecule has 0 unspecified atom stereocenters. The summed E-state index contributed by atoms with van der Waals surface area (Å²) in [5, 5.41) is 8.65. The zero-order valence-electron chi connectivity index (χ0n) is 17.1. The minimum Gasteiger partial charge on any atom is -0.466 e. The van der Waals surface area contributed by atoms with Crippen LogP contribution in [-0.4, -0.2) is 20.6 Å². The number of anilines is 1. The molecule has 30 heavy (non-hydrogen) atoms. The molecule has 4 aromatic heterocycles. The van der Waals surface area contributed by atoms with Crippen LogP contribution in [0.25, 0.3) is 33.3 Å². The number of aryl methyl sites for hydroxylation is 4. The summed E-state index contributed by atoms with van der Waals surface area (Å²) in [7, 11) is 1.97. The van der Waals surface area contributed by atoms with Crippen molar-refractivity contribution in [3.8, 4) is 11.3 Å². The predicted molar refractivity (Wildman–Crippen MR) is 115 cm³/mol. The number of pyridine rings is 1. The Bertz CT molecular complexity index is 1440. The molecule has 0 aliphatic rings. The van der Waals surface area contributed by atoms with Crippen LogP contribution in [0.3, 0.4) is 0 Å². The second-order valence-electron chi connectivity index (χ2n) is 7.45. The number of fused-ring (bicyclic) bond motifs is 2. The van der Waals surface area contributed by atoms with E-state index in [9.17, 15) is 4.79 Å². The van der Waals surface area contributed by atoms with Crippen LogP contribution in [0.1, 0.15) is 27.6 Å². The molecular formula is C23H20N4O3. The lowest BCUT2D eigenvalue weighted by molar-refractivity contribution is 0.102. The number of aromatic nitrogens is 3. The van der Waals surface area contributed by atoms with E-state index in [1.54, 1.807) is 13.0 Å². The molecule has 5 rings (SSSR count). The normalized spacial score (nSPS) is 11.5. The van der Waals surface area contributed by atoms with Gasteiger partial charge in [-0.25, -0.2) is 4.98 Å². The van der Waals surface area contributed by atoms with Crippen molar-refractivity contribution in [3.05, 3.63) is 65.4 Å². The molecule has 0 radical (unpaired) electrons. The fraction of sp³-hybridized carbons (Fsp3) is 0.174. The van der Waals surface area contributed by atoms with Gasteiger partial charge in [0, 0.05) is 29.7 Å². The standard InChI is InChI=1S/C23H20N4O3/c1-12-10-16(14(3)29-12)19-11-17(21-13(2)26-30-23(21)25-19)22(28)24-18-6-5-7-20-15(18)8-9-27(20)4/h5-11H,1-4H3,(H,24,28). The molecule has 4 heterocycles. The third-order valence-corrected chi connectivity index (χ3v) is 5.35. The molecule has 5 aromatic rings. The van der Waals surface area contributed by atoms with Crippen LogP contribution in [0.2, 0.25) is 0 Å². The Kier molecular flexibility index (Phi) is 3.99. The molecule has 7 nitrogen and oxygen atoms in total. The fourth-order valence-electron chi connectivity index (χ4n) is 3.90. The summed E-state index contributed by atoms with van der Waals surface area (Å²) in [6, 6.07) is 11.5. The smallest absolute Gasteiger partial charge is 0.259 e. The van der Waals surface area contributed by atoms with Gasteiger partial charge in [0.25, 0.3) is 11.6 Å². The lowest BCUT2D eigenvalue weighted by Gasteiger charge is -2.09. The van der Waals surface area contributed by atoms with Crippen LogP contribution in [0, 0.1) is 20.8 Å². The third kappa shape index (κ3) is 2.78. The van der Waals surface area contributed by atoms with Gasteiger partial charge in [-0.2, -0.15) is 0 Å². The molecular weight excluding hydrogens is 380 g/mol. The molecule has 0 atom stereocenters. The van der Waals surface area contributed by atoms with Crippen molar-refractivity contribution in [2.75, 3.05) is 5.32 Å². The second-order valence-corrected chi connectivity index (χ2v) is 7.45. The van der Waals surface area contributed by atoms with Gasteiger partial charge in [-0.15, -0.1) is 0 Å². The summed E-state index contributed by atoms with van der Waals surface area (Å²) in [5.74, 6) is 1.26. The Labute approximate surface area is 172 Å². The van der Waals surface area contributed by atoms with E-state index in [1.165, 1.54) is 0 Å². The summed E-state index contributed by atoms with van der Waals surface area (Å²) in [4.78, 5) is 17.9. The van der Waals surface area contributed by atoms with Gasteiger partial charge in [0.1, 0.15) is 11.5 Å². The summed E-state index contributed by atoms with van der Waals surface area (Å²) in [5.41, 5.74) is 4.62. The van der Waals surface area contributed by atoms with Gasteiger partial charge in [-0.1, -0.05) is 11.2 Å². The third-order valence-electron chi connectivity index (χ3n) is 5.35. The first-order valence-electron chi connectivity index (χ1n) is 9.62. The first-order valence-corrected chi connectivity index (χ1v) is 9.62. The summed E-state index contributed by atoms with van der Waals surface area (Å²) >= 11 is 0. The van der Waals surface area contributed by atoms with Gasteiger partial charge in [0.2, 0.25) is 0 Å². The van der Waals surface area contributed by atoms with Gasteiger partial charge in [-0.3, -0.25) is 4.79 Å². The van der Waals surface area contributed by atoms with Crippen LogP contribution in [0.4, 0.5) is 5.69 Å². The number of furan rings is 1. The van der Waals surface area contributed by atoms with Crippen molar-refractivity contribution in [2.45, 2.75) is 20.8 Å². The number of hydrogen-bond acceptors (Lipinski definition) is 5. The summed E-state index contributed by atoms with van der Waals surface area (Å²) in [6.45, 7) is 5.55. The molecule has 1 N–H and O–H groups in total. The maximum absolute atomic E-state index is 13.4. The summed E-state index contributed by atoms with van der Waals surface area (Å²) in [6.07, 6.45) is 1.97. The number of nitrogens with zero attached hydrogens (tertiary/aromatic N) is 3.